The lowest BCUT2D eigenvalue weighted by Crippen LogP contribution is -2.23. The van der Waals surface area contributed by atoms with Gasteiger partial charge in [-0.1, -0.05) is 28.9 Å². The number of rotatable bonds is 5. The van der Waals surface area contributed by atoms with Crippen molar-refractivity contribution in [3.63, 3.8) is 0 Å². The van der Waals surface area contributed by atoms with Gasteiger partial charge in [-0.2, -0.15) is 0 Å². The minimum absolute atomic E-state index is 0.0610. The second-order valence-corrected chi connectivity index (χ2v) is 5.31. The highest BCUT2D eigenvalue weighted by atomic mass is 79.9. The fourth-order valence-electron chi connectivity index (χ4n) is 1.15. The van der Waals surface area contributed by atoms with Crippen LogP contribution in [0.15, 0.2) is 12.7 Å². The van der Waals surface area contributed by atoms with E-state index in [1.807, 2.05) is 13.0 Å². The molecule has 2 heteroatoms. The maximum Gasteiger partial charge on any atom is 0.0972 e. The van der Waals surface area contributed by atoms with E-state index in [4.69, 9.17) is 0 Å². The molecule has 65 valence electrons. The van der Waals surface area contributed by atoms with Crippen molar-refractivity contribution in [1.82, 2.24) is 0 Å². The van der Waals surface area contributed by atoms with Gasteiger partial charge >= 0.3 is 0 Å². The lowest BCUT2D eigenvalue weighted by molar-refractivity contribution is 0.157. The molecule has 0 saturated carbocycles. The zero-order valence-electron chi connectivity index (χ0n) is 7.27. The van der Waals surface area contributed by atoms with Crippen LogP contribution in [0.1, 0.15) is 26.7 Å². The summed E-state index contributed by atoms with van der Waals surface area (Å²) < 4.78 is -0.227. The number of allylic oxidation sites excluding steroid dienone is 1. The summed E-state index contributed by atoms with van der Waals surface area (Å²) in [6.45, 7) is 7.68. The van der Waals surface area contributed by atoms with E-state index in [9.17, 15) is 5.11 Å². The molecule has 0 saturated heterocycles. The van der Waals surface area contributed by atoms with Crippen LogP contribution in [0.25, 0.3) is 0 Å². The zero-order chi connectivity index (χ0) is 8.91. The van der Waals surface area contributed by atoms with Gasteiger partial charge in [-0.3, -0.25) is 0 Å². The van der Waals surface area contributed by atoms with E-state index in [0.717, 1.165) is 12.8 Å². The first kappa shape index (κ1) is 11.2. The Morgan fingerprint density at radius 3 is 2.64 bits per heavy atom. The summed E-state index contributed by atoms with van der Waals surface area (Å²) in [5.41, 5.74) is 0. The summed E-state index contributed by atoms with van der Waals surface area (Å²) >= 11 is 3.40. The molecular weight excluding hydrogens is 204 g/mol. The van der Waals surface area contributed by atoms with Crippen LogP contribution in [0.3, 0.4) is 0 Å². The van der Waals surface area contributed by atoms with Crippen molar-refractivity contribution in [3.05, 3.63) is 12.7 Å². The highest BCUT2D eigenvalue weighted by Gasteiger charge is 2.22. The van der Waals surface area contributed by atoms with E-state index in [-0.39, 0.29) is 10.9 Å². The average Bonchev–Trinajstić information content (AvgIpc) is 1.87. The summed E-state index contributed by atoms with van der Waals surface area (Å²) in [7, 11) is 0. The Bertz CT molecular complexity index is 121. The molecule has 0 aliphatic carbocycles. The molecule has 11 heavy (non-hydrogen) atoms. The van der Waals surface area contributed by atoms with Gasteiger partial charge in [0.25, 0.3) is 0 Å². The Balaban J connectivity index is 3.72. The molecule has 0 aliphatic heterocycles. The van der Waals surface area contributed by atoms with Gasteiger partial charge in [-0.15, -0.1) is 6.58 Å². The van der Waals surface area contributed by atoms with Gasteiger partial charge in [0.15, 0.2) is 0 Å². The van der Waals surface area contributed by atoms with Crippen LogP contribution in [0, 0.1) is 5.92 Å². The maximum atomic E-state index is 10.6. The van der Waals surface area contributed by atoms with Crippen molar-refractivity contribution >= 4 is 15.9 Å². The largest absolute Gasteiger partial charge is 0.235 e. The number of alkyl halides is 1. The van der Waals surface area contributed by atoms with E-state index < -0.39 is 0 Å². The van der Waals surface area contributed by atoms with E-state index in [0.29, 0.717) is 5.92 Å². The van der Waals surface area contributed by atoms with Gasteiger partial charge in [0.2, 0.25) is 0 Å². The summed E-state index contributed by atoms with van der Waals surface area (Å²) in [6, 6.07) is 0. The number of hydrogen-bond donors (Lipinski definition) is 0. The van der Waals surface area contributed by atoms with Crippen LogP contribution in [-0.4, -0.2) is 10.9 Å². The van der Waals surface area contributed by atoms with Crippen molar-refractivity contribution in [2.24, 2.45) is 5.92 Å². The molecular formula is C9H16BrO. The Kier molecular flexibility index (Phi) is 5.02. The molecule has 2 atom stereocenters. The molecule has 0 fully saturated rings. The standard InChI is InChI=1S/C9H16BrO/c1-4-5-8(2)6-9(3,10)7-11/h4,8H,1,5-7H2,2-3H3. The van der Waals surface area contributed by atoms with E-state index in [1.165, 1.54) is 0 Å². The van der Waals surface area contributed by atoms with Crippen molar-refractivity contribution in [2.75, 3.05) is 6.61 Å². The van der Waals surface area contributed by atoms with Crippen LogP contribution in [0.4, 0.5) is 0 Å². The topological polar surface area (TPSA) is 19.9 Å². The monoisotopic (exact) mass is 219 g/mol. The Labute approximate surface area is 77.6 Å². The van der Waals surface area contributed by atoms with Crippen LogP contribution in [-0.2, 0) is 5.11 Å². The molecule has 2 unspecified atom stereocenters. The minimum atomic E-state index is -0.227. The third-order valence-electron chi connectivity index (χ3n) is 1.64. The predicted molar refractivity (Wildman–Crippen MR) is 51.5 cm³/mol. The van der Waals surface area contributed by atoms with E-state index in [1.54, 1.807) is 0 Å². The molecule has 0 aromatic rings. The molecule has 0 aromatic heterocycles. The van der Waals surface area contributed by atoms with Crippen LogP contribution < -0.4 is 0 Å². The molecule has 0 rings (SSSR count). The van der Waals surface area contributed by atoms with Gasteiger partial charge in [0, 0.05) is 4.32 Å². The summed E-state index contributed by atoms with van der Waals surface area (Å²) in [5.74, 6) is 0.547. The quantitative estimate of drug-likeness (QED) is 0.501. The third kappa shape index (κ3) is 5.45. The first-order valence-electron chi connectivity index (χ1n) is 3.90. The van der Waals surface area contributed by atoms with Gasteiger partial charge in [0.1, 0.15) is 0 Å². The van der Waals surface area contributed by atoms with Gasteiger partial charge in [0.05, 0.1) is 6.61 Å². The molecule has 0 amide bonds. The van der Waals surface area contributed by atoms with Crippen LogP contribution >= 0.6 is 15.9 Å². The molecule has 1 radical (unpaired) electrons. The highest BCUT2D eigenvalue weighted by Crippen LogP contribution is 2.27. The molecule has 0 N–H and O–H groups in total. The van der Waals surface area contributed by atoms with Gasteiger partial charge in [-0.25, -0.2) is 5.11 Å². The highest BCUT2D eigenvalue weighted by molar-refractivity contribution is 9.10. The molecule has 0 spiro atoms. The zero-order valence-corrected chi connectivity index (χ0v) is 8.86. The van der Waals surface area contributed by atoms with Crippen molar-refractivity contribution in [1.29, 1.82) is 0 Å². The van der Waals surface area contributed by atoms with Gasteiger partial charge in [-0.05, 0) is 25.7 Å². The summed E-state index contributed by atoms with van der Waals surface area (Å²) in [6.07, 6.45) is 3.81. The van der Waals surface area contributed by atoms with Crippen LogP contribution in [0.5, 0.6) is 0 Å². The van der Waals surface area contributed by atoms with E-state index in [2.05, 4.69) is 29.4 Å². The molecule has 0 heterocycles. The predicted octanol–water partition coefficient (Wildman–Crippen LogP) is 3.17. The summed E-state index contributed by atoms with van der Waals surface area (Å²) in [4.78, 5) is 0. The van der Waals surface area contributed by atoms with Crippen LogP contribution in [0.2, 0.25) is 0 Å². The van der Waals surface area contributed by atoms with Crippen molar-refractivity contribution in [3.8, 4) is 0 Å². The Hall–Kier alpha value is 0.180. The lowest BCUT2D eigenvalue weighted by atomic mass is 9.95. The fraction of sp³-hybridized carbons (Fsp3) is 0.778. The van der Waals surface area contributed by atoms with Crippen molar-refractivity contribution < 1.29 is 5.11 Å². The fourth-order valence-corrected chi connectivity index (χ4v) is 1.71. The van der Waals surface area contributed by atoms with E-state index >= 15 is 0 Å². The van der Waals surface area contributed by atoms with Crippen molar-refractivity contribution in [2.45, 2.75) is 31.0 Å². The second-order valence-electron chi connectivity index (χ2n) is 3.39. The SMILES string of the molecule is C=CCC(C)CC(C)(Br)C[O]. The maximum absolute atomic E-state index is 10.6. The lowest BCUT2D eigenvalue weighted by Gasteiger charge is -2.21. The summed E-state index contributed by atoms with van der Waals surface area (Å²) in [5, 5.41) is 10.6. The minimum Gasteiger partial charge on any atom is -0.235 e. The molecule has 0 bridgehead atoms. The first-order chi connectivity index (χ1) is 5.02. The normalized spacial score (nSPS) is 18.9. The Morgan fingerprint density at radius 2 is 2.27 bits per heavy atom. The third-order valence-corrected chi connectivity index (χ3v) is 2.20. The average molecular weight is 220 g/mol. The molecule has 0 aromatic carbocycles. The number of halogens is 1. The first-order valence-corrected chi connectivity index (χ1v) is 4.69. The van der Waals surface area contributed by atoms with Gasteiger partial charge < -0.3 is 0 Å². The second kappa shape index (κ2) is 4.94. The smallest absolute Gasteiger partial charge is 0.0972 e. The molecule has 1 nitrogen and oxygen atoms in total. The molecule has 0 aliphatic rings. The Morgan fingerprint density at radius 1 is 1.73 bits per heavy atom. The number of hydrogen-bond acceptors (Lipinski definition) is 0.